The SMILES string of the molecule is CCOC(=O)C1OC(c2ccc(NC(=O)c3ccccc3)cc2)CC1=O. The third kappa shape index (κ3) is 3.97. The Bertz CT molecular complexity index is 801. The molecular weight excluding hydrogens is 334 g/mol. The normalized spacial score (nSPS) is 19.2. The van der Waals surface area contributed by atoms with Crippen molar-refractivity contribution in [3.05, 3.63) is 65.7 Å². The van der Waals surface area contributed by atoms with Crippen LogP contribution in [0.3, 0.4) is 0 Å². The highest BCUT2D eigenvalue weighted by Gasteiger charge is 2.40. The molecule has 1 fully saturated rings. The van der Waals surface area contributed by atoms with E-state index in [9.17, 15) is 14.4 Å². The van der Waals surface area contributed by atoms with Crippen LogP contribution < -0.4 is 5.32 Å². The fourth-order valence-corrected chi connectivity index (χ4v) is 2.75. The molecule has 0 aromatic heterocycles. The van der Waals surface area contributed by atoms with Gasteiger partial charge in [0.15, 0.2) is 5.78 Å². The van der Waals surface area contributed by atoms with Gasteiger partial charge in [-0.05, 0) is 36.8 Å². The van der Waals surface area contributed by atoms with E-state index in [-0.39, 0.29) is 24.7 Å². The minimum absolute atomic E-state index is 0.124. The third-order valence-electron chi connectivity index (χ3n) is 4.06. The standard InChI is InChI=1S/C20H19NO5/c1-2-25-20(24)18-16(22)12-17(26-18)13-8-10-15(11-9-13)21-19(23)14-6-4-3-5-7-14/h3-11,17-18H,2,12H2,1H3,(H,21,23). The van der Waals surface area contributed by atoms with Gasteiger partial charge >= 0.3 is 5.97 Å². The van der Waals surface area contributed by atoms with E-state index in [1.807, 2.05) is 6.07 Å². The van der Waals surface area contributed by atoms with Crippen LogP contribution in [0.15, 0.2) is 54.6 Å². The monoisotopic (exact) mass is 353 g/mol. The molecule has 1 N–H and O–H groups in total. The van der Waals surface area contributed by atoms with Gasteiger partial charge in [-0.15, -0.1) is 0 Å². The maximum absolute atomic E-state index is 12.1. The zero-order valence-corrected chi connectivity index (χ0v) is 14.3. The minimum Gasteiger partial charge on any atom is -0.464 e. The lowest BCUT2D eigenvalue weighted by Gasteiger charge is -2.13. The van der Waals surface area contributed by atoms with E-state index in [1.165, 1.54) is 0 Å². The summed E-state index contributed by atoms with van der Waals surface area (Å²) in [7, 11) is 0. The van der Waals surface area contributed by atoms with Crippen molar-refractivity contribution in [1.29, 1.82) is 0 Å². The molecule has 2 atom stereocenters. The molecule has 134 valence electrons. The summed E-state index contributed by atoms with van der Waals surface area (Å²) in [4.78, 5) is 35.8. The maximum atomic E-state index is 12.1. The Morgan fingerprint density at radius 2 is 1.81 bits per heavy atom. The molecule has 1 amide bonds. The second kappa shape index (κ2) is 7.93. The average molecular weight is 353 g/mol. The second-order valence-electron chi connectivity index (χ2n) is 5.87. The zero-order valence-electron chi connectivity index (χ0n) is 14.3. The Morgan fingerprint density at radius 3 is 2.46 bits per heavy atom. The maximum Gasteiger partial charge on any atom is 0.343 e. The first kappa shape index (κ1) is 17.8. The van der Waals surface area contributed by atoms with Crippen LogP contribution in [0.4, 0.5) is 5.69 Å². The molecule has 0 radical (unpaired) electrons. The summed E-state index contributed by atoms with van der Waals surface area (Å²) in [5.41, 5.74) is 1.97. The molecule has 1 saturated heterocycles. The largest absolute Gasteiger partial charge is 0.464 e. The van der Waals surface area contributed by atoms with Gasteiger partial charge in [-0.1, -0.05) is 30.3 Å². The number of nitrogens with one attached hydrogen (secondary N) is 1. The van der Waals surface area contributed by atoms with Crippen LogP contribution in [0.2, 0.25) is 0 Å². The van der Waals surface area contributed by atoms with Crippen LogP contribution in [0.1, 0.15) is 35.4 Å². The molecule has 2 aromatic carbocycles. The number of carbonyl (C=O) groups is 3. The molecule has 26 heavy (non-hydrogen) atoms. The van der Waals surface area contributed by atoms with E-state index >= 15 is 0 Å². The summed E-state index contributed by atoms with van der Waals surface area (Å²) in [5.74, 6) is -1.13. The predicted molar refractivity (Wildman–Crippen MR) is 94.7 cm³/mol. The summed E-state index contributed by atoms with van der Waals surface area (Å²) < 4.78 is 10.4. The van der Waals surface area contributed by atoms with Gasteiger partial charge in [0, 0.05) is 17.7 Å². The number of rotatable bonds is 5. The number of esters is 1. The number of hydrogen-bond acceptors (Lipinski definition) is 5. The fourth-order valence-electron chi connectivity index (χ4n) is 2.75. The van der Waals surface area contributed by atoms with Crippen molar-refractivity contribution < 1.29 is 23.9 Å². The molecule has 1 heterocycles. The Kier molecular flexibility index (Phi) is 5.43. The lowest BCUT2D eigenvalue weighted by atomic mass is 10.0. The molecule has 0 saturated carbocycles. The van der Waals surface area contributed by atoms with Crippen LogP contribution in [0.25, 0.3) is 0 Å². The Balaban J connectivity index is 1.64. The highest BCUT2D eigenvalue weighted by molar-refractivity contribution is 6.04. The van der Waals surface area contributed by atoms with Gasteiger partial charge in [-0.25, -0.2) is 4.79 Å². The molecular formula is C20H19NO5. The Hall–Kier alpha value is -2.99. The number of benzene rings is 2. The van der Waals surface area contributed by atoms with Crippen molar-refractivity contribution in [3.63, 3.8) is 0 Å². The molecule has 1 aliphatic rings. The van der Waals surface area contributed by atoms with E-state index in [0.717, 1.165) is 5.56 Å². The number of ketones is 1. The van der Waals surface area contributed by atoms with Crippen molar-refractivity contribution in [2.24, 2.45) is 0 Å². The lowest BCUT2D eigenvalue weighted by molar-refractivity contribution is -0.158. The molecule has 0 spiro atoms. The van der Waals surface area contributed by atoms with Gasteiger partial charge in [-0.3, -0.25) is 9.59 Å². The van der Waals surface area contributed by atoms with Crippen LogP contribution >= 0.6 is 0 Å². The van der Waals surface area contributed by atoms with Crippen molar-refractivity contribution >= 4 is 23.3 Å². The number of anilines is 1. The number of amides is 1. The summed E-state index contributed by atoms with van der Waals surface area (Å²) in [5, 5.41) is 2.81. The van der Waals surface area contributed by atoms with Crippen LogP contribution in [0.5, 0.6) is 0 Å². The van der Waals surface area contributed by atoms with Gasteiger partial charge < -0.3 is 14.8 Å². The van der Waals surface area contributed by atoms with Gasteiger partial charge in [0.2, 0.25) is 6.10 Å². The molecule has 6 heteroatoms. The number of Topliss-reactive ketones (excluding diaryl/α,β-unsaturated/α-hetero) is 1. The molecule has 2 unspecified atom stereocenters. The summed E-state index contributed by atoms with van der Waals surface area (Å²) in [6.07, 6.45) is -1.52. The zero-order chi connectivity index (χ0) is 18.5. The second-order valence-corrected chi connectivity index (χ2v) is 5.87. The van der Waals surface area contributed by atoms with Gasteiger partial charge in [0.1, 0.15) is 0 Å². The molecule has 0 bridgehead atoms. The first-order chi connectivity index (χ1) is 12.6. The van der Waals surface area contributed by atoms with E-state index in [4.69, 9.17) is 9.47 Å². The molecule has 1 aliphatic heterocycles. The van der Waals surface area contributed by atoms with E-state index < -0.39 is 18.2 Å². The smallest absolute Gasteiger partial charge is 0.343 e. The van der Waals surface area contributed by atoms with Crippen LogP contribution in [-0.4, -0.2) is 30.4 Å². The quantitative estimate of drug-likeness (QED) is 0.660. The fraction of sp³-hybridized carbons (Fsp3) is 0.250. The van der Waals surface area contributed by atoms with Crippen LogP contribution in [-0.2, 0) is 19.1 Å². The average Bonchev–Trinajstić information content (AvgIpc) is 3.05. The van der Waals surface area contributed by atoms with Crippen molar-refractivity contribution in [3.8, 4) is 0 Å². The van der Waals surface area contributed by atoms with Crippen molar-refractivity contribution in [2.75, 3.05) is 11.9 Å². The first-order valence-corrected chi connectivity index (χ1v) is 8.39. The van der Waals surface area contributed by atoms with Gasteiger partial charge in [0.25, 0.3) is 5.91 Å². The number of hydrogen-bond donors (Lipinski definition) is 1. The highest BCUT2D eigenvalue weighted by atomic mass is 16.6. The van der Waals surface area contributed by atoms with E-state index in [2.05, 4.69) is 5.32 Å². The summed E-state index contributed by atoms with van der Waals surface area (Å²) >= 11 is 0. The Labute approximate surface area is 151 Å². The summed E-state index contributed by atoms with van der Waals surface area (Å²) in [6, 6.07) is 15.9. The number of ether oxygens (including phenoxy) is 2. The first-order valence-electron chi connectivity index (χ1n) is 8.39. The third-order valence-corrected chi connectivity index (χ3v) is 4.06. The molecule has 2 aromatic rings. The lowest BCUT2D eigenvalue weighted by Crippen LogP contribution is -2.28. The molecule has 3 rings (SSSR count). The highest BCUT2D eigenvalue weighted by Crippen LogP contribution is 2.31. The summed E-state index contributed by atoms with van der Waals surface area (Å²) in [6.45, 7) is 1.88. The van der Waals surface area contributed by atoms with Crippen LogP contribution in [0, 0.1) is 0 Å². The molecule has 0 aliphatic carbocycles. The molecule has 6 nitrogen and oxygen atoms in total. The topological polar surface area (TPSA) is 81.7 Å². The number of carbonyl (C=O) groups excluding carboxylic acids is 3. The van der Waals surface area contributed by atoms with Crippen molar-refractivity contribution in [2.45, 2.75) is 25.6 Å². The van der Waals surface area contributed by atoms with Gasteiger partial charge in [0.05, 0.1) is 12.7 Å². The van der Waals surface area contributed by atoms with E-state index in [1.54, 1.807) is 55.5 Å². The van der Waals surface area contributed by atoms with Gasteiger partial charge in [-0.2, -0.15) is 0 Å². The predicted octanol–water partition coefficient (Wildman–Crippen LogP) is 2.90. The Morgan fingerprint density at radius 1 is 1.12 bits per heavy atom. The van der Waals surface area contributed by atoms with Crippen molar-refractivity contribution in [1.82, 2.24) is 0 Å². The minimum atomic E-state index is -1.16. The van der Waals surface area contributed by atoms with E-state index in [0.29, 0.717) is 11.3 Å².